The van der Waals surface area contributed by atoms with Gasteiger partial charge < -0.3 is 25.2 Å². The van der Waals surface area contributed by atoms with E-state index in [0.29, 0.717) is 18.7 Å². The Hall–Kier alpha value is -2.12. The monoisotopic (exact) mass is 294 g/mol. The molecular weight excluding hydrogens is 276 g/mol. The van der Waals surface area contributed by atoms with Crippen LogP contribution >= 0.6 is 0 Å². The van der Waals surface area contributed by atoms with Crippen molar-refractivity contribution < 1.29 is 24.5 Å². The van der Waals surface area contributed by atoms with Crippen molar-refractivity contribution in [2.24, 2.45) is 0 Å². The van der Waals surface area contributed by atoms with Crippen LogP contribution in [0.2, 0.25) is 0 Å². The molecule has 1 fully saturated rings. The first-order valence-corrected chi connectivity index (χ1v) is 6.67. The second-order valence-corrected chi connectivity index (χ2v) is 4.74. The summed E-state index contributed by atoms with van der Waals surface area (Å²) in [5.41, 5.74) is 0.493. The Labute approximate surface area is 122 Å². The highest BCUT2D eigenvalue weighted by atomic mass is 16.5. The van der Waals surface area contributed by atoms with Crippen molar-refractivity contribution in [2.45, 2.75) is 12.1 Å². The van der Waals surface area contributed by atoms with Gasteiger partial charge in [-0.05, 0) is 5.56 Å². The molecule has 2 rings (SSSR count). The molecule has 7 heteroatoms. The molecule has 2 amide bonds. The number of rotatable bonds is 4. The first kappa shape index (κ1) is 15.3. The van der Waals surface area contributed by atoms with Gasteiger partial charge in [-0.2, -0.15) is 0 Å². The Morgan fingerprint density at radius 3 is 2.71 bits per heavy atom. The second kappa shape index (κ2) is 7.05. The first-order valence-electron chi connectivity index (χ1n) is 6.67. The molecule has 0 radical (unpaired) electrons. The summed E-state index contributed by atoms with van der Waals surface area (Å²) in [5, 5.41) is 21.0. The third-order valence-corrected chi connectivity index (χ3v) is 3.35. The van der Waals surface area contributed by atoms with Gasteiger partial charge in [0.2, 0.25) is 0 Å². The number of aliphatic carboxylic acids is 1. The van der Waals surface area contributed by atoms with E-state index in [1.807, 2.05) is 0 Å². The van der Waals surface area contributed by atoms with Crippen molar-refractivity contribution in [3.63, 3.8) is 0 Å². The average Bonchev–Trinajstić information content (AvgIpc) is 2.52. The number of benzene rings is 1. The van der Waals surface area contributed by atoms with Crippen molar-refractivity contribution in [1.82, 2.24) is 10.2 Å². The van der Waals surface area contributed by atoms with Gasteiger partial charge in [0.15, 0.2) is 6.04 Å². The number of aliphatic hydroxyl groups is 1. The predicted molar refractivity (Wildman–Crippen MR) is 73.7 cm³/mol. The van der Waals surface area contributed by atoms with Crippen LogP contribution < -0.4 is 5.32 Å². The molecule has 0 bridgehead atoms. The molecule has 1 aliphatic rings. The average molecular weight is 294 g/mol. The van der Waals surface area contributed by atoms with E-state index >= 15 is 0 Å². The Bertz CT molecular complexity index is 493. The zero-order valence-corrected chi connectivity index (χ0v) is 11.4. The molecule has 1 aromatic rings. The second-order valence-electron chi connectivity index (χ2n) is 4.74. The number of morpholine rings is 1. The maximum absolute atomic E-state index is 12.2. The Balaban J connectivity index is 2.10. The molecule has 1 saturated heterocycles. The largest absolute Gasteiger partial charge is 0.479 e. The van der Waals surface area contributed by atoms with Crippen LogP contribution in [0.25, 0.3) is 0 Å². The number of carbonyl (C=O) groups is 2. The maximum atomic E-state index is 12.2. The molecule has 3 N–H and O–H groups in total. The smallest absolute Gasteiger partial charge is 0.330 e. The van der Waals surface area contributed by atoms with E-state index in [-0.39, 0.29) is 13.2 Å². The zero-order valence-electron chi connectivity index (χ0n) is 11.4. The number of ether oxygens (including phenoxy) is 1. The number of amides is 2. The molecular formula is C14H18N2O5. The van der Waals surface area contributed by atoms with Gasteiger partial charge in [-0.25, -0.2) is 9.59 Å². The van der Waals surface area contributed by atoms with Crippen LogP contribution in [0.1, 0.15) is 11.6 Å². The molecule has 2 atom stereocenters. The van der Waals surface area contributed by atoms with Crippen LogP contribution in [0.15, 0.2) is 30.3 Å². The summed E-state index contributed by atoms with van der Waals surface area (Å²) in [6.45, 7) is 0.703. The topological polar surface area (TPSA) is 99.1 Å². The molecule has 0 aliphatic carbocycles. The van der Waals surface area contributed by atoms with Crippen LogP contribution in [0, 0.1) is 0 Å². The fraction of sp³-hybridized carbons (Fsp3) is 0.429. The van der Waals surface area contributed by atoms with E-state index in [4.69, 9.17) is 4.74 Å². The van der Waals surface area contributed by atoms with Crippen LogP contribution in [0.4, 0.5) is 4.79 Å². The molecule has 1 heterocycles. The molecule has 21 heavy (non-hydrogen) atoms. The third-order valence-electron chi connectivity index (χ3n) is 3.35. The number of carboxylic acid groups (broad SMARTS) is 1. The lowest BCUT2D eigenvalue weighted by Crippen LogP contribution is -2.55. The summed E-state index contributed by atoms with van der Waals surface area (Å²) in [6, 6.07) is 6.38. The fourth-order valence-corrected chi connectivity index (χ4v) is 2.21. The number of nitrogens with one attached hydrogen (secondary N) is 1. The lowest BCUT2D eigenvalue weighted by Gasteiger charge is -2.35. The number of carbonyl (C=O) groups excluding carboxylic acids is 1. The van der Waals surface area contributed by atoms with Gasteiger partial charge in [-0.1, -0.05) is 30.3 Å². The van der Waals surface area contributed by atoms with E-state index in [1.54, 1.807) is 30.3 Å². The number of carboxylic acids is 1. The van der Waals surface area contributed by atoms with Gasteiger partial charge in [-0.3, -0.25) is 0 Å². The highest BCUT2D eigenvalue weighted by Gasteiger charge is 2.30. The van der Waals surface area contributed by atoms with Crippen molar-refractivity contribution in [3.8, 4) is 0 Å². The van der Waals surface area contributed by atoms with E-state index in [9.17, 15) is 19.8 Å². The number of hydrogen-bond acceptors (Lipinski definition) is 4. The summed E-state index contributed by atoms with van der Waals surface area (Å²) >= 11 is 0. The Morgan fingerprint density at radius 1 is 1.38 bits per heavy atom. The number of hydrogen-bond donors (Lipinski definition) is 3. The quantitative estimate of drug-likeness (QED) is 0.737. The summed E-state index contributed by atoms with van der Waals surface area (Å²) in [6.07, 6.45) is 0. The molecule has 1 aromatic carbocycles. The molecule has 114 valence electrons. The van der Waals surface area contributed by atoms with E-state index in [0.717, 1.165) is 0 Å². The SMILES string of the molecule is O=C(O)[C@@H](NC(=O)N1CCOCC1CO)c1ccccc1. The first-order chi connectivity index (χ1) is 10.1. The number of urea groups is 1. The van der Waals surface area contributed by atoms with E-state index in [2.05, 4.69) is 5.32 Å². The maximum Gasteiger partial charge on any atom is 0.330 e. The number of aliphatic hydroxyl groups excluding tert-OH is 1. The molecule has 0 saturated carbocycles. The van der Waals surface area contributed by atoms with Crippen molar-refractivity contribution >= 4 is 12.0 Å². The minimum absolute atomic E-state index is 0.226. The van der Waals surface area contributed by atoms with Gasteiger partial charge in [0.1, 0.15) is 0 Å². The predicted octanol–water partition coefficient (Wildman–Crippen LogP) is 0.215. The summed E-state index contributed by atoms with van der Waals surface area (Å²) in [5.74, 6) is -1.14. The van der Waals surface area contributed by atoms with Gasteiger partial charge in [-0.15, -0.1) is 0 Å². The molecule has 1 unspecified atom stereocenters. The summed E-state index contributed by atoms with van der Waals surface area (Å²) in [4.78, 5) is 25.0. The molecule has 0 spiro atoms. The van der Waals surface area contributed by atoms with Crippen LogP contribution in [0.5, 0.6) is 0 Å². The van der Waals surface area contributed by atoms with Crippen molar-refractivity contribution in [2.75, 3.05) is 26.4 Å². The van der Waals surface area contributed by atoms with E-state index < -0.39 is 24.1 Å². The lowest BCUT2D eigenvalue weighted by atomic mass is 10.1. The molecule has 1 aliphatic heterocycles. The fourth-order valence-electron chi connectivity index (χ4n) is 2.21. The van der Waals surface area contributed by atoms with Gasteiger partial charge in [0.25, 0.3) is 0 Å². The highest BCUT2D eigenvalue weighted by Crippen LogP contribution is 2.15. The minimum Gasteiger partial charge on any atom is -0.479 e. The van der Waals surface area contributed by atoms with Crippen LogP contribution in [0.3, 0.4) is 0 Å². The third kappa shape index (κ3) is 3.71. The molecule has 7 nitrogen and oxygen atoms in total. The van der Waals surface area contributed by atoms with Crippen LogP contribution in [-0.2, 0) is 9.53 Å². The van der Waals surface area contributed by atoms with Gasteiger partial charge >= 0.3 is 12.0 Å². The number of nitrogens with zero attached hydrogens (tertiary/aromatic N) is 1. The molecule has 0 aromatic heterocycles. The van der Waals surface area contributed by atoms with E-state index in [1.165, 1.54) is 4.90 Å². The van der Waals surface area contributed by atoms with Crippen molar-refractivity contribution in [3.05, 3.63) is 35.9 Å². The summed E-state index contributed by atoms with van der Waals surface area (Å²) in [7, 11) is 0. The Morgan fingerprint density at radius 2 is 2.10 bits per heavy atom. The van der Waals surface area contributed by atoms with Crippen LogP contribution in [-0.4, -0.2) is 59.5 Å². The van der Waals surface area contributed by atoms with Gasteiger partial charge in [0, 0.05) is 6.54 Å². The lowest BCUT2D eigenvalue weighted by molar-refractivity contribution is -0.139. The van der Waals surface area contributed by atoms with Gasteiger partial charge in [0.05, 0.1) is 25.9 Å². The minimum atomic E-state index is -1.14. The normalized spacial score (nSPS) is 19.9. The zero-order chi connectivity index (χ0) is 15.2. The standard InChI is InChI=1S/C14H18N2O5/c17-8-11-9-21-7-6-16(11)14(20)15-12(13(18)19)10-4-2-1-3-5-10/h1-5,11-12,17H,6-9H2,(H,15,20)(H,18,19)/t11?,12-/m0/s1. The summed E-state index contributed by atoms with van der Waals surface area (Å²) < 4.78 is 5.19. The highest BCUT2D eigenvalue weighted by molar-refractivity contribution is 5.83. The Kier molecular flexibility index (Phi) is 5.13. The van der Waals surface area contributed by atoms with Crippen molar-refractivity contribution in [1.29, 1.82) is 0 Å².